The molecule has 8 nitrogen and oxygen atoms in total. The van der Waals surface area contributed by atoms with Gasteiger partial charge in [0.2, 0.25) is 0 Å². The van der Waals surface area contributed by atoms with Crippen molar-refractivity contribution in [2.75, 3.05) is 19.6 Å². The van der Waals surface area contributed by atoms with Crippen LogP contribution in [0.1, 0.15) is 18.4 Å². The van der Waals surface area contributed by atoms with E-state index in [2.05, 4.69) is 10.6 Å². The number of aliphatic carboxylic acids is 1. The fourth-order valence-electron chi connectivity index (χ4n) is 3.34. The van der Waals surface area contributed by atoms with E-state index in [1.165, 1.54) is 31.0 Å². The second-order valence-corrected chi connectivity index (χ2v) is 7.52. The Morgan fingerprint density at radius 1 is 1.40 bits per heavy atom. The molecule has 0 bridgehead atoms. The van der Waals surface area contributed by atoms with Gasteiger partial charge < -0.3 is 21.5 Å². The van der Waals surface area contributed by atoms with Gasteiger partial charge in [0.1, 0.15) is 17.2 Å². The van der Waals surface area contributed by atoms with Gasteiger partial charge in [0, 0.05) is 17.6 Å². The quantitative estimate of drug-likeness (QED) is 0.525. The maximum Gasteiger partial charge on any atom is 0.354 e. The third kappa shape index (κ3) is 5.14. The van der Waals surface area contributed by atoms with Gasteiger partial charge in [0.15, 0.2) is 0 Å². The number of nitrogens with zero attached hydrogens (tertiary/aromatic N) is 2. The number of carbonyl (C=O) groups is 2. The van der Waals surface area contributed by atoms with Crippen molar-refractivity contribution in [1.29, 1.82) is 0 Å². The molecule has 0 radical (unpaired) electrons. The summed E-state index contributed by atoms with van der Waals surface area (Å²) >= 11 is 5.99. The van der Waals surface area contributed by atoms with Gasteiger partial charge in [-0.1, -0.05) is 11.6 Å². The van der Waals surface area contributed by atoms with Crippen molar-refractivity contribution in [1.82, 2.24) is 20.9 Å². The normalized spacial score (nSPS) is 21.5. The molecule has 3 aliphatic rings. The topological polar surface area (TPSA) is 111 Å². The van der Waals surface area contributed by atoms with E-state index in [-0.39, 0.29) is 23.9 Å². The maximum atomic E-state index is 14.0. The SMILES string of the molecule is N[C@@H]1CCCNC1.O=C(O)C1=CN2C(=C(Cc3cc(F)ccc3Cl)CN2F)C(=O)N1. The molecule has 1 aromatic carbocycles. The molecule has 1 aromatic rings. The van der Waals surface area contributed by atoms with Gasteiger partial charge in [-0.25, -0.2) is 14.2 Å². The van der Waals surface area contributed by atoms with E-state index in [0.29, 0.717) is 22.2 Å². The number of nitrogens with two attached hydrogens (primary N) is 1. The first-order chi connectivity index (χ1) is 14.3. The molecule has 11 heteroatoms. The molecule has 1 saturated heterocycles. The number of fused-ring (bicyclic) bond motifs is 1. The van der Waals surface area contributed by atoms with Crippen LogP contribution in [0.4, 0.5) is 8.87 Å². The summed E-state index contributed by atoms with van der Waals surface area (Å²) in [4.78, 5) is 23.0. The lowest BCUT2D eigenvalue weighted by atomic mass is 10.0. The molecule has 0 aliphatic carbocycles. The van der Waals surface area contributed by atoms with Crippen LogP contribution in [0.5, 0.6) is 0 Å². The summed E-state index contributed by atoms with van der Waals surface area (Å²) in [7, 11) is 0. The first-order valence-electron chi connectivity index (χ1n) is 9.37. The molecule has 30 heavy (non-hydrogen) atoms. The highest BCUT2D eigenvalue weighted by molar-refractivity contribution is 6.31. The lowest BCUT2D eigenvalue weighted by molar-refractivity contribution is -0.139. The molecule has 0 unspecified atom stereocenters. The number of nitrogens with one attached hydrogen (secondary N) is 2. The Hall–Kier alpha value is -2.53. The van der Waals surface area contributed by atoms with Gasteiger partial charge in [0.05, 0.1) is 12.7 Å². The van der Waals surface area contributed by atoms with Crippen LogP contribution < -0.4 is 16.4 Å². The average molecular weight is 442 g/mol. The van der Waals surface area contributed by atoms with Crippen molar-refractivity contribution in [2.24, 2.45) is 5.73 Å². The smallest absolute Gasteiger partial charge is 0.354 e. The predicted molar refractivity (Wildman–Crippen MR) is 106 cm³/mol. The molecular weight excluding hydrogens is 420 g/mol. The second-order valence-electron chi connectivity index (χ2n) is 7.11. The van der Waals surface area contributed by atoms with E-state index in [0.717, 1.165) is 24.3 Å². The number of hydrogen-bond donors (Lipinski definition) is 4. The summed E-state index contributed by atoms with van der Waals surface area (Å²) in [6.45, 7) is 1.92. The molecule has 1 fully saturated rings. The van der Waals surface area contributed by atoms with Crippen LogP contribution in [-0.2, 0) is 16.0 Å². The highest BCUT2D eigenvalue weighted by Crippen LogP contribution is 2.31. The van der Waals surface area contributed by atoms with Crippen LogP contribution in [0.25, 0.3) is 0 Å². The molecule has 1 amide bonds. The summed E-state index contributed by atoms with van der Waals surface area (Å²) in [6, 6.07) is 4.20. The van der Waals surface area contributed by atoms with Gasteiger partial charge in [-0.2, -0.15) is 0 Å². The van der Waals surface area contributed by atoms with Crippen LogP contribution in [0.15, 0.2) is 41.4 Å². The van der Waals surface area contributed by atoms with Crippen LogP contribution in [0.3, 0.4) is 0 Å². The molecule has 3 heterocycles. The molecule has 162 valence electrons. The molecule has 0 saturated carbocycles. The Morgan fingerprint density at radius 3 is 2.77 bits per heavy atom. The third-order valence-electron chi connectivity index (χ3n) is 4.81. The number of hydrogen-bond acceptors (Lipinski definition) is 6. The zero-order valence-electron chi connectivity index (χ0n) is 16.0. The van der Waals surface area contributed by atoms with Crippen molar-refractivity contribution in [2.45, 2.75) is 25.3 Å². The Balaban J connectivity index is 0.000000310. The number of amides is 1. The molecular formula is C19H22ClF2N5O3. The Kier molecular flexibility index (Phi) is 7.03. The van der Waals surface area contributed by atoms with Gasteiger partial charge in [-0.05, 0) is 60.4 Å². The monoisotopic (exact) mass is 441 g/mol. The fourth-order valence-corrected chi connectivity index (χ4v) is 3.53. The summed E-state index contributed by atoms with van der Waals surface area (Å²) in [5.74, 6) is -2.62. The minimum atomic E-state index is -1.38. The number of carboxylic acids is 1. The van der Waals surface area contributed by atoms with Crippen molar-refractivity contribution < 1.29 is 23.6 Å². The molecule has 0 spiro atoms. The van der Waals surface area contributed by atoms with Gasteiger partial charge in [0.25, 0.3) is 5.91 Å². The summed E-state index contributed by atoms with van der Waals surface area (Å²) in [6.07, 6.45) is 3.49. The van der Waals surface area contributed by atoms with Crippen LogP contribution in [0.2, 0.25) is 5.02 Å². The number of rotatable bonds is 3. The van der Waals surface area contributed by atoms with E-state index in [4.69, 9.17) is 22.4 Å². The molecule has 0 aromatic heterocycles. The van der Waals surface area contributed by atoms with Crippen molar-refractivity contribution in [3.05, 3.63) is 57.8 Å². The minimum absolute atomic E-state index is 0.0298. The van der Waals surface area contributed by atoms with E-state index in [9.17, 15) is 18.5 Å². The number of carboxylic acid groups (broad SMARTS) is 1. The predicted octanol–water partition coefficient (Wildman–Crippen LogP) is 1.45. The maximum absolute atomic E-state index is 14.0. The molecule has 3 aliphatic heterocycles. The van der Waals surface area contributed by atoms with Gasteiger partial charge in [-0.3, -0.25) is 4.79 Å². The van der Waals surface area contributed by atoms with Crippen molar-refractivity contribution in [3.8, 4) is 0 Å². The zero-order chi connectivity index (χ0) is 21.8. The standard InChI is InChI=1S/C14H10ClF2N3O3.C5H12N2/c15-10-2-1-9(16)4-7(10)3-8-5-20(17)19-6-11(14(22)23)18-13(21)12(8)19;6-5-2-1-3-7-4-5/h1-2,4,6H,3,5H2,(H,18,21)(H,22,23);5,7H,1-4,6H2/t;5-/m.1/s1. The van der Waals surface area contributed by atoms with Crippen LogP contribution in [-0.4, -0.2) is 52.9 Å². The van der Waals surface area contributed by atoms with Crippen LogP contribution >= 0.6 is 11.6 Å². The number of hydrazine groups is 1. The first-order valence-corrected chi connectivity index (χ1v) is 9.75. The van der Waals surface area contributed by atoms with Crippen molar-refractivity contribution >= 4 is 23.5 Å². The average Bonchev–Trinajstić information content (AvgIpc) is 3.02. The molecule has 4 rings (SSSR count). The van der Waals surface area contributed by atoms with Gasteiger partial charge in [-0.15, -0.1) is 4.48 Å². The lowest BCUT2D eigenvalue weighted by Gasteiger charge is -2.25. The zero-order valence-corrected chi connectivity index (χ0v) is 16.8. The summed E-state index contributed by atoms with van der Waals surface area (Å²) < 4.78 is 27.3. The van der Waals surface area contributed by atoms with Crippen molar-refractivity contribution in [3.63, 3.8) is 0 Å². The summed E-state index contributed by atoms with van der Waals surface area (Å²) in [5, 5.41) is 15.6. The van der Waals surface area contributed by atoms with Crippen LogP contribution in [0, 0.1) is 5.82 Å². The van der Waals surface area contributed by atoms with E-state index in [1.807, 2.05) is 0 Å². The number of halogens is 3. The molecule has 5 N–H and O–H groups in total. The fraction of sp³-hybridized carbons (Fsp3) is 0.368. The lowest BCUT2D eigenvalue weighted by Crippen LogP contribution is -2.42. The number of piperidine rings is 1. The number of benzene rings is 1. The Morgan fingerprint density at radius 2 is 2.17 bits per heavy atom. The van der Waals surface area contributed by atoms with E-state index < -0.39 is 23.4 Å². The van der Waals surface area contributed by atoms with E-state index >= 15 is 0 Å². The highest BCUT2D eigenvalue weighted by atomic mass is 35.5. The molecule has 1 atom stereocenters. The second kappa shape index (κ2) is 9.52. The first kappa shape index (κ1) is 22.2. The third-order valence-corrected chi connectivity index (χ3v) is 5.18. The largest absolute Gasteiger partial charge is 0.477 e. The minimum Gasteiger partial charge on any atom is -0.477 e. The Labute approximate surface area is 176 Å². The Bertz CT molecular complexity index is 902. The highest BCUT2D eigenvalue weighted by Gasteiger charge is 2.38. The number of carbonyl (C=O) groups excluding carboxylic acids is 1. The summed E-state index contributed by atoms with van der Waals surface area (Å²) in [5.41, 5.74) is 5.87. The van der Waals surface area contributed by atoms with E-state index in [1.54, 1.807) is 0 Å². The van der Waals surface area contributed by atoms with Gasteiger partial charge >= 0.3 is 5.97 Å².